The van der Waals surface area contributed by atoms with Crippen molar-refractivity contribution in [3.63, 3.8) is 0 Å². The zero-order chi connectivity index (χ0) is 18.9. The molecule has 1 aromatic carbocycles. The zero-order valence-electron chi connectivity index (χ0n) is 15.5. The first-order valence-corrected chi connectivity index (χ1v) is 9.10. The lowest BCUT2D eigenvalue weighted by atomic mass is 9.97. The topological polar surface area (TPSA) is 57.0 Å². The van der Waals surface area contributed by atoms with Gasteiger partial charge in [-0.3, -0.25) is 9.36 Å². The predicted octanol–water partition coefficient (Wildman–Crippen LogP) is 2.93. The minimum absolute atomic E-state index is 0.0135. The number of aromatic nitrogens is 3. The Kier molecular flexibility index (Phi) is 4.51. The third kappa shape index (κ3) is 3.49. The summed E-state index contributed by atoms with van der Waals surface area (Å²) in [6, 6.07) is 11.2. The summed E-state index contributed by atoms with van der Waals surface area (Å²) in [4.78, 5) is 21.9. The van der Waals surface area contributed by atoms with Gasteiger partial charge < -0.3 is 4.74 Å². The molecule has 0 aliphatic carbocycles. The number of pyridine rings is 1. The third-order valence-corrected chi connectivity index (χ3v) is 5.27. The van der Waals surface area contributed by atoms with Crippen molar-refractivity contribution in [3.05, 3.63) is 70.0 Å². The molecule has 0 fully saturated rings. The van der Waals surface area contributed by atoms with Crippen molar-refractivity contribution in [2.75, 3.05) is 7.11 Å². The number of methoxy groups -OCH3 is 1. The zero-order valence-corrected chi connectivity index (χ0v) is 15.5. The maximum Gasteiger partial charge on any atom is 0.261 e. The first-order valence-electron chi connectivity index (χ1n) is 9.10. The van der Waals surface area contributed by atoms with Crippen LogP contribution < -0.4 is 5.56 Å². The number of benzene rings is 1. The second-order valence-corrected chi connectivity index (χ2v) is 7.09. The van der Waals surface area contributed by atoms with Crippen LogP contribution in [-0.4, -0.2) is 27.2 Å². The molecule has 3 heterocycles. The van der Waals surface area contributed by atoms with Crippen LogP contribution >= 0.6 is 0 Å². The number of aryl methyl sites for hydroxylation is 1. The molecule has 0 N–H and O–H groups in total. The summed E-state index contributed by atoms with van der Waals surface area (Å²) in [7, 11) is 1.73. The van der Waals surface area contributed by atoms with Crippen LogP contribution in [0.1, 0.15) is 36.8 Å². The van der Waals surface area contributed by atoms with Gasteiger partial charge in [0, 0.05) is 31.8 Å². The summed E-state index contributed by atoms with van der Waals surface area (Å²) in [5, 5.41) is 0.628. The van der Waals surface area contributed by atoms with Crippen molar-refractivity contribution in [2.45, 2.75) is 38.3 Å². The van der Waals surface area contributed by atoms with Gasteiger partial charge in [-0.1, -0.05) is 12.0 Å². The fraction of sp³-hybridized carbons (Fsp3) is 0.318. The van der Waals surface area contributed by atoms with E-state index in [1.807, 2.05) is 36.4 Å². The highest BCUT2D eigenvalue weighted by atomic mass is 16.5. The van der Waals surface area contributed by atoms with Crippen LogP contribution in [0.3, 0.4) is 0 Å². The summed E-state index contributed by atoms with van der Waals surface area (Å²) in [5.41, 5.74) is 2.03. The highest BCUT2D eigenvalue weighted by Crippen LogP contribution is 2.26. The fourth-order valence-corrected chi connectivity index (χ4v) is 3.39. The molecular formula is C22H21N3O2. The predicted molar refractivity (Wildman–Crippen MR) is 105 cm³/mol. The van der Waals surface area contributed by atoms with E-state index >= 15 is 0 Å². The van der Waals surface area contributed by atoms with Crippen molar-refractivity contribution in [3.8, 4) is 11.8 Å². The van der Waals surface area contributed by atoms with Gasteiger partial charge in [-0.15, -0.1) is 0 Å². The van der Waals surface area contributed by atoms with Gasteiger partial charge in [0.15, 0.2) is 0 Å². The Bertz CT molecular complexity index is 1110. The van der Waals surface area contributed by atoms with Crippen molar-refractivity contribution in [1.29, 1.82) is 0 Å². The standard InChI is InChI=1S/C22H21N3O2/c1-22(27-2)11-10-20-24-19-15-16(6-8-17-5-3-4-13-23-17)7-9-18(19)21(26)25(20)14-12-22/h3-5,7,9,13,15H,10-12,14H2,1-2H3/t22-/m1/s1. The Morgan fingerprint density at radius 1 is 1.19 bits per heavy atom. The van der Waals surface area contributed by atoms with Crippen molar-refractivity contribution in [1.82, 2.24) is 14.5 Å². The molecular weight excluding hydrogens is 338 g/mol. The molecule has 4 rings (SSSR count). The average molecular weight is 359 g/mol. The molecule has 0 unspecified atom stereocenters. The number of rotatable bonds is 1. The van der Waals surface area contributed by atoms with Crippen molar-refractivity contribution in [2.24, 2.45) is 0 Å². The molecule has 136 valence electrons. The SMILES string of the molecule is CO[C@]1(C)CCc2nc3cc(C#Cc4ccccn4)ccc3c(=O)n2CC1. The monoisotopic (exact) mass is 359 g/mol. The molecule has 0 amide bonds. The maximum atomic E-state index is 13.0. The van der Waals surface area contributed by atoms with Crippen molar-refractivity contribution >= 4 is 10.9 Å². The summed E-state index contributed by atoms with van der Waals surface area (Å²) in [6.07, 6.45) is 4.09. The first-order chi connectivity index (χ1) is 13.1. The van der Waals surface area contributed by atoms with Gasteiger partial charge in [0.05, 0.1) is 16.5 Å². The van der Waals surface area contributed by atoms with Crippen LogP contribution in [0.2, 0.25) is 0 Å². The molecule has 1 aliphatic rings. The summed E-state index contributed by atoms with van der Waals surface area (Å²) < 4.78 is 7.45. The van der Waals surface area contributed by atoms with Crippen LogP contribution in [0.5, 0.6) is 0 Å². The Labute approximate surface area is 158 Å². The molecule has 5 nitrogen and oxygen atoms in total. The summed E-state index contributed by atoms with van der Waals surface area (Å²) >= 11 is 0. The number of nitrogens with zero attached hydrogens (tertiary/aromatic N) is 3. The van der Waals surface area contributed by atoms with Gasteiger partial charge in [0.1, 0.15) is 11.5 Å². The largest absolute Gasteiger partial charge is 0.378 e. The van der Waals surface area contributed by atoms with Gasteiger partial charge in [-0.2, -0.15) is 0 Å². The van der Waals surface area contributed by atoms with Gasteiger partial charge in [-0.05, 0) is 56.0 Å². The number of hydrogen-bond donors (Lipinski definition) is 0. The minimum atomic E-state index is -0.217. The highest BCUT2D eigenvalue weighted by Gasteiger charge is 2.28. The highest BCUT2D eigenvalue weighted by molar-refractivity contribution is 5.79. The van der Waals surface area contributed by atoms with E-state index in [-0.39, 0.29) is 11.2 Å². The van der Waals surface area contributed by atoms with Crippen LogP contribution in [0.25, 0.3) is 10.9 Å². The number of ether oxygens (including phenoxy) is 1. The van der Waals surface area contributed by atoms with E-state index in [2.05, 4.69) is 23.7 Å². The molecule has 0 spiro atoms. The smallest absolute Gasteiger partial charge is 0.261 e. The Hall–Kier alpha value is -2.97. The lowest BCUT2D eigenvalue weighted by Gasteiger charge is -2.25. The molecule has 3 aromatic rings. The lowest BCUT2D eigenvalue weighted by molar-refractivity contribution is -0.00757. The normalized spacial score (nSPS) is 19.0. The number of hydrogen-bond acceptors (Lipinski definition) is 4. The molecule has 1 aliphatic heterocycles. The fourth-order valence-electron chi connectivity index (χ4n) is 3.39. The van der Waals surface area contributed by atoms with Gasteiger partial charge in [0.2, 0.25) is 0 Å². The van der Waals surface area contributed by atoms with Crippen molar-refractivity contribution < 1.29 is 4.74 Å². The van der Waals surface area contributed by atoms with Crippen LogP contribution in [0.4, 0.5) is 0 Å². The van der Waals surface area contributed by atoms with E-state index in [1.54, 1.807) is 17.9 Å². The first kappa shape index (κ1) is 17.4. The molecule has 27 heavy (non-hydrogen) atoms. The molecule has 5 heteroatoms. The number of fused-ring (bicyclic) bond motifs is 2. The Morgan fingerprint density at radius 2 is 2.07 bits per heavy atom. The molecule has 0 radical (unpaired) electrons. The van der Waals surface area contributed by atoms with E-state index in [1.165, 1.54) is 0 Å². The quantitative estimate of drug-likeness (QED) is 0.627. The van der Waals surface area contributed by atoms with E-state index in [0.29, 0.717) is 23.1 Å². The third-order valence-electron chi connectivity index (χ3n) is 5.27. The summed E-state index contributed by atoms with van der Waals surface area (Å²) in [5.74, 6) is 6.97. The average Bonchev–Trinajstić information content (AvgIpc) is 2.87. The molecule has 0 bridgehead atoms. The maximum absolute atomic E-state index is 13.0. The van der Waals surface area contributed by atoms with Gasteiger partial charge >= 0.3 is 0 Å². The van der Waals surface area contributed by atoms with E-state index in [4.69, 9.17) is 9.72 Å². The molecule has 2 aromatic heterocycles. The van der Waals surface area contributed by atoms with Gasteiger partial charge in [0.25, 0.3) is 5.56 Å². The van der Waals surface area contributed by atoms with E-state index in [0.717, 1.165) is 30.7 Å². The van der Waals surface area contributed by atoms with Crippen LogP contribution in [-0.2, 0) is 17.7 Å². The Morgan fingerprint density at radius 3 is 2.85 bits per heavy atom. The Balaban J connectivity index is 1.74. The molecule has 1 atom stereocenters. The van der Waals surface area contributed by atoms with Crippen LogP contribution in [0, 0.1) is 11.8 Å². The molecule has 0 saturated carbocycles. The minimum Gasteiger partial charge on any atom is -0.378 e. The van der Waals surface area contributed by atoms with Gasteiger partial charge in [-0.25, -0.2) is 9.97 Å². The second-order valence-electron chi connectivity index (χ2n) is 7.09. The molecule has 0 saturated heterocycles. The summed E-state index contributed by atoms with van der Waals surface area (Å²) in [6.45, 7) is 2.72. The second kappa shape index (κ2) is 6.98. The van der Waals surface area contributed by atoms with E-state index in [9.17, 15) is 4.79 Å². The lowest BCUT2D eigenvalue weighted by Crippen LogP contribution is -2.29. The van der Waals surface area contributed by atoms with E-state index < -0.39 is 0 Å². The van der Waals surface area contributed by atoms with Crippen LogP contribution in [0.15, 0.2) is 47.4 Å².